The van der Waals surface area contributed by atoms with Crippen LogP contribution in [-0.4, -0.2) is 39.3 Å². The lowest BCUT2D eigenvalue weighted by Crippen LogP contribution is -2.31. The molecule has 1 rings (SSSR count). The number of sulfonamides is 1. The quantitative estimate of drug-likeness (QED) is 0.836. The lowest BCUT2D eigenvalue weighted by molar-refractivity contribution is 0.126. The van der Waals surface area contributed by atoms with Crippen molar-refractivity contribution in [3.63, 3.8) is 0 Å². The lowest BCUT2D eigenvalue weighted by Gasteiger charge is -2.18. The van der Waals surface area contributed by atoms with Gasteiger partial charge in [-0.25, -0.2) is 17.2 Å². The van der Waals surface area contributed by atoms with Gasteiger partial charge in [0.15, 0.2) is 0 Å². The maximum absolute atomic E-state index is 12.3. The van der Waals surface area contributed by atoms with Crippen molar-refractivity contribution in [3.05, 3.63) is 28.8 Å². The van der Waals surface area contributed by atoms with Gasteiger partial charge in [-0.2, -0.15) is 4.31 Å². The summed E-state index contributed by atoms with van der Waals surface area (Å²) in [5, 5.41) is 3.07. The van der Waals surface area contributed by atoms with Gasteiger partial charge in [0.2, 0.25) is 10.0 Å². The van der Waals surface area contributed by atoms with Gasteiger partial charge in [0.05, 0.1) is 11.6 Å². The molecule has 0 aromatic heterocycles. The summed E-state index contributed by atoms with van der Waals surface area (Å²) in [5.41, 5.74) is 0.722. The normalized spacial score (nSPS) is 12.3. The zero-order valence-corrected chi connectivity index (χ0v) is 12.8. The van der Waals surface area contributed by atoms with Crippen LogP contribution in [0, 0.1) is 0 Å². The number of nitrogens with zero attached hydrogens (tertiary/aromatic N) is 1. The van der Waals surface area contributed by atoms with Crippen LogP contribution in [0.25, 0.3) is 0 Å². The fourth-order valence-corrected chi connectivity index (χ4v) is 3.25. The topological polar surface area (TPSA) is 49.4 Å². The van der Waals surface area contributed by atoms with Crippen molar-refractivity contribution in [3.8, 4) is 0 Å². The van der Waals surface area contributed by atoms with Crippen LogP contribution < -0.4 is 5.32 Å². The van der Waals surface area contributed by atoms with Crippen molar-refractivity contribution in [2.45, 2.75) is 24.8 Å². The summed E-state index contributed by atoms with van der Waals surface area (Å²) in [6, 6.07) is 4.55. The maximum atomic E-state index is 12.3. The standard InChI is InChI=1S/C12H17ClF2N2O2S/c1-3-16-7-9-4-5-10(13)11(6-9)20(18,19)17(2)8-12(14)15/h4-6,12,16H,3,7-8H2,1-2H3. The average molecular weight is 327 g/mol. The molecule has 0 saturated carbocycles. The van der Waals surface area contributed by atoms with Gasteiger partial charge in [-0.05, 0) is 24.2 Å². The number of nitrogens with one attached hydrogen (secondary N) is 1. The molecule has 0 fully saturated rings. The van der Waals surface area contributed by atoms with Crippen LogP contribution in [0.2, 0.25) is 5.02 Å². The molecule has 0 atom stereocenters. The predicted molar refractivity (Wildman–Crippen MR) is 74.7 cm³/mol. The monoisotopic (exact) mass is 326 g/mol. The minimum atomic E-state index is -4.02. The zero-order chi connectivity index (χ0) is 15.3. The first-order valence-electron chi connectivity index (χ1n) is 6.02. The third kappa shape index (κ3) is 4.37. The molecule has 0 heterocycles. The molecule has 0 radical (unpaired) electrons. The maximum Gasteiger partial charge on any atom is 0.252 e. The molecule has 0 aliphatic rings. The molecule has 0 aliphatic carbocycles. The summed E-state index contributed by atoms with van der Waals surface area (Å²) >= 11 is 5.88. The molecule has 0 spiro atoms. The average Bonchev–Trinajstić information content (AvgIpc) is 2.36. The van der Waals surface area contributed by atoms with Gasteiger partial charge in [0.25, 0.3) is 6.43 Å². The fraction of sp³-hybridized carbons (Fsp3) is 0.500. The molecule has 1 N–H and O–H groups in total. The van der Waals surface area contributed by atoms with Crippen LogP contribution in [0.5, 0.6) is 0 Å². The zero-order valence-electron chi connectivity index (χ0n) is 11.2. The number of halogens is 3. The number of hydrogen-bond donors (Lipinski definition) is 1. The molecule has 8 heteroatoms. The Bertz CT molecular complexity index is 552. The van der Waals surface area contributed by atoms with Crippen molar-refractivity contribution >= 4 is 21.6 Å². The summed E-state index contributed by atoms with van der Waals surface area (Å²) in [4.78, 5) is -0.155. The van der Waals surface area contributed by atoms with Gasteiger partial charge in [0, 0.05) is 13.6 Å². The van der Waals surface area contributed by atoms with E-state index < -0.39 is 23.0 Å². The molecule has 4 nitrogen and oxygen atoms in total. The van der Waals surface area contributed by atoms with Crippen LogP contribution in [0.15, 0.2) is 23.1 Å². The van der Waals surface area contributed by atoms with E-state index in [0.29, 0.717) is 10.8 Å². The summed E-state index contributed by atoms with van der Waals surface area (Å²) in [6.07, 6.45) is -2.74. The first-order valence-corrected chi connectivity index (χ1v) is 7.84. The highest BCUT2D eigenvalue weighted by molar-refractivity contribution is 7.89. The molecule has 0 bridgehead atoms. The predicted octanol–water partition coefficient (Wildman–Crippen LogP) is 2.34. The Morgan fingerprint density at radius 2 is 2.05 bits per heavy atom. The fourth-order valence-electron chi connectivity index (χ4n) is 1.59. The van der Waals surface area contributed by atoms with Crippen molar-refractivity contribution in [2.75, 3.05) is 20.1 Å². The number of rotatable bonds is 7. The molecule has 0 unspecified atom stereocenters. The minimum absolute atomic E-state index is 0.0198. The lowest BCUT2D eigenvalue weighted by atomic mass is 10.2. The Morgan fingerprint density at radius 3 is 2.60 bits per heavy atom. The molecule has 114 valence electrons. The van der Waals surface area contributed by atoms with E-state index in [0.717, 1.165) is 19.2 Å². The van der Waals surface area contributed by atoms with E-state index in [-0.39, 0.29) is 9.92 Å². The second-order valence-corrected chi connectivity index (χ2v) is 6.64. The smallest absolute Gasteiger partial charge is 0.252 e. The minimum Gasteiger partial charge on any atom is -0.313 e. The third-order valence-electron chi connectivity index (χ3n) is 2.66. The van der Waals surface area contributed by atoms with Crippen LogP contribution in [0.1, 0.15) is 12.5 Å². The highest BCUT2D eigenvalue weighted by Gasteiger charge is 2.26. The van der Waals surface area contributed by atoms with Gasteiger partial charge in [-0.1, -0.05) is 24.6 Å². The first-order chi connectivity index (χ1) is 9.28. The number of benzene rings is 1. The van der Waals surface area contributed by atoms with Crippen molar-refractivity contribution in [1.29, 1.82) is 0 Å². The van der Waals surface area contributed by atoms with Gasteiger partial charge in [-0.3, -0.25) is 0 Å². The SMILES string of the molecule is CCNCc1ccc(Cl)c(S(=O)(=O)N(C)CC(F)F)c1. The summed E-state index contributed by atoms with van der Waals surface area (Å²) in [7, 11) is -2.91. The largest absolute Gasteiger partial charge is 0.313 e. The second-order valence-electron chi connectivity index (χ2n) is 4.22. The summed E-state index contributed by atoms with van der Waals surface area (Å²) < 4.78 is 49.7. The van der Waals surface area contributed by atoms with E-state index in [2.05, 4.69) is 5.32 Å². The highest BCUT2D eigenvalue weighted by Crippen LogP contribution is 2.25. The number of hydrogen-bond acceptors (Lipinski definition) is 3. The summed E-state index contributed by atoms with van der Waals surface area (Å²) in [5.74, 6) is 0. The van der Waals surface area contributed by atoms with E-state index in [4.69, 9.17) is 11.6 Å². The molecule has 0 amide bonds. The van der Waals surface area contributed by atoms with Crippen LogP contribution >= 0.6 is 11.6 Å². The van der Waals surface area contributed by atoms with Crippen molar-refractivity contribution in [1.82, 2.24) is 9.62 Å². The highest BCUT2D eigenvalue weighted by atomic mass is 35.5. The van der Waals surface area contributed by atoms with Crippen LogP contribution in [0.3, 0.4) is 0 Å². The van der Waals surface area contributed by atoms with Crippen molar-refractivity contribution in [2.24, 2.45) is 0 Å². The van der Waals surface area contributed by atoms with E-state index in [1.165, 1.54) is 12.1 Å². The molecule has 1 aromatic carbocycles. The van der Waals surface area contributed by atoms with Crippen LogP contribution in [0.4, 0.5) is 8.78 Å². The van der Waals surface area contributed by atoms with E-state index in [1.807, 2.05) is 6.92 Å². The Kier molecular flexibility index (Phi) is 6.32. The van der Waals surface area contributed by atoms with Gasteiger partial charge < -0.3 is 5.32 Å². The molecule has 20 heavy (non-hydrogen) atoms. The van der Waals surface area contributed by atoms with Gasteiger partial charge in [-0.15, -0.1) is 0 Å². The Balaban J connectivity index is 3.10. The number of alkyl halides is 2. The first kappa shape index (κ1) is 17.3. The third-order valence-corrected chi connectivity index (χ3v) is 4.96. The Morgan fingerprint density at radius 1 is 1.40 bits per heavy atom. The molecular weight excluding hydrogens is 310 g/mol. The van der Waals surface area contributed by atoms with Gasteiger partial charge >= 0.3 is 0 Å². The Labute approximate surface area is 122 Å². The second kappa shape index (κ2) is 7.31. The molecule has 0 saturated heterocycles. The summed E-state index contributed by atoms with van der Waals surface area (Å²) in [6.45, 7) is 2.27. The van der Waals surface area contributed by atoms with E-state index >= 15 is 0 Å². The molecule has 0 aliphatic heterocycles. The van der Waals surface area contributed by atoms with Crippen molar-refractivity contribution < 1.29 is 17.2 Å². The van der Waals surface area contributed by atoms with Crippen LogP contribution in [-0.2, 0) is 16.6 Å². The molecule has 1 aromatic rings. The Hall–Kier alpha value is -0.760. The van der Waals surface area contributed by atoms with Gasteiger partial charge in [0.1, 0.15) is 4.90 Å². The van der Waals surface area contributed by atoms with E-state index in [9.17, 15) is 17.2 Å². The molecular formula is C12H17ClF2N2O2S. The van der Waals surface area contributed by atoms with E-state index in [1.54, 1.807) is 6.07 Å².